The maximum Gasteiger partial charge on any atom is 0.260 e. The van der Waals surface area contributed by atoms with Crippen LogP contribution in [0.25, 0.3) is 0 Å². The Bertz CT molecular complexity index is 1470. The maximum atomic E-state index is 12.5. The first-order chi connectivity index (χ1) is 17.9. The van der Waals surface area contributed by atoms with Crippen molar-refractivity contribution in [2.45, 2.75) is 6.61 Å². The van der Waals surface area contributed by atoms with E-state index < -0.39 is 22.5 Å². The minimum absolute atomic E-state index is 0.147. The zero-order valence-corrected chi connectivity index (χ0v) is 25.3. The van der Waals surface area contributed by atoms with Gasteiger partial charge in [0.1, 0.15) is 13.2 Å². The first-order valence-corrected chi connectivity index (χ1v) is 14.7. The van der Waals surface area contributed by atoms with Crippen molar-refractivity contribution in [3.8, 4) is 11.5 Å². The normalized spacial score (nSPS) is 11.4. The fourth-order valence-corrected chi connectivity index (χ4v) is 5.42. The van der Waals surface area contributed by atoms with E-state index in [2.05, 4.69) is 26.5 Å². The summed E-state index contributed by atoms with van der Waals surface area (Å²) in [5.41, 5.74) is 3.83. The average molecular weight is 684 g/mol. The smallest absolute Gasteiger partial charge is 0.260 e. The Morgan fingerprint density at radius 3 is 2.34 bits per heavy atom. The number of benzene rings is 3. The quantitative estimate of drug-likeness (QED) is 0.193. The van der Waals surface area contributed by atoms with Gasteiger partial charge in [-0.05, 0) is 69.5 Å². The summed E-state index contributed by atoms with van der Waals surface area (Å²) in [5.74, 6) is 0.174. The third-order valence-corrected chi connectivity index (χ3v) is 7.75. The lowest BCUT2D eigenvalue weighted by Gasteiger charge is -2.21. The van der Waals surface area contributed by atoms with Gasteiger partial charge in [-0.25, -0.2) is 13.8 Å². The number of carbonyl (C=O) groups excluding carboxylic acids is 1. The number of hydrazone groups is 1. The number of nitrogens with zero attached hydrogens (tertiary/aromatic N) is 2. The number of anilines is 1. The van der Waals surface area contributed by atoms with Crippen molar-refractivity contribution in [3.63, 3.8) is 0 Å². The van der Waals surface area contributed by atoms with Crippen molar-refractivity contribution >= 4 is 90.2 Å². The molecule has 0 aliphatic rings. The predicted octanol–water partition coefficient (Wildman–Crippen LogP) is 6.57. The van der Waals surface area contributed by atoms with Gasteiger partial charge in [0.2, 0.25) is 10.0 Å². The van der Waals surface area contributed by atoms with E-state index in [9.17, 15) is 13.2 Å². The first kappa shape index (κ1) is 30.3. The number of hydrogen-bond donors (Lipinski definition) is 1. The van der Waals surface area contributed by atoms with Crippen LogP contribution in [0.4, 0.5) is 5.69 Å². The molecular formula is C24H20BrCl4N3O5S. The highest BCUT2D eigenvalue weighted by Crippen LogP contribution is 2.37. The van der Waals surface area contributed by atoms with E-state index in [1.54, 1.807) is 30.3 Å². The molecular weight excluding hydrogens is 664 g/mol. The monoisotopic (exact) mass is 681 g/mol. The number of sulfonamides is 1. The number of methoxy groups -OCH3 is 1. The molecule has 0 bridgehead atoms. The van der Waals surface area contributed by atoms with Gasteiger partial charge in [0.15, 0.2) is 11.5 Å². The number of carbonyl (C=O) groups is 1. The molecule has 0 saturated heterocycles. The molecule has 0 saturated carbocycles. The van der Waals surface area contributed by atoms with Crippen LogP contribution in [0.15, 0.2) is 58.1 Å². The second kappa shape index (κ2) is 13.2. The molecule has 3 rings (SSSR count). The first-order valence-electron chi connectivity index (χ1n) is 10.6. The number of halogens is 5. The molecule has 0 fully saturated rings. The third kappa shape index (κ3) is 8.39. The minimum atomic E-state index is -3.82. The van der Waals surface area contributed by atoms with Crippen molar-refractivity contribution < 1.29 is 22.7 Å². The lowest BCUT2D eigenvalue weighted by atomic mass is 10.2. The largest absolute Gasteiger partial charge is 0.493 e. The molecule has 0 unspecified atom stereocenters. The zero-order chi connectivity index (χ0) is 28.0. The van der Waals surface area contributed by atoms with E-state index in [0.29, 0.717) is 31.6 Å². The van der Waals surface area contributed by atoms with Crippen molar-refractivity contribution in [1.29, 1.82) is 0 Å². The highest BCUT2D eigenvalue weighted by molar-refractivity contribution is 9.10. The molecule has 8 nitrogen and oxygen atoms in total. The summed E-state index contributed by atoms with van der Waals surface area (Å²) in [6.45, 7) is -0.328. The number of hydrogen-bond acceptors (Lipinski definition) is 6. The molecule has 14 heteroatoms. The van der Waals surface area contributed by atoms with Crippen LogP contribution in [0.1, 0.15) is 11.1 Å². The number of amides is 1. The summed E-state index contributed by atoms with van der Waals surface area (Å²) >= 11 is 27.4. The molecule has 1 amide bonds. The van der Waals surface area contributed by atoms with Crippen LogP contribution < -0.4 is 19.2 Å². The topological polar surface area (TPSA) is 97.3 Å². The minimum Gasteiger partial charge on any atom is -0.493 e. The van der Waals surface area contributed by atoms with Gasteiger partial charge in [0.05, 0.1) is 39.8 Å². The molecule has 0 aromatic heterocycles. The molecule has 202 valence electrons. The molecule has 0 spiro atoms. The predicted molar refractivity (Wildman–Crippen MR) is 156 cm³/mol. The van der Waals surface area contributed by atoms with Gasteiger partial charge >= 0.3 is 0 Å². The summed E-state index contributed by atoms with van der Waals surface area (Å²) in [5, 5.41) is 5.24. The van der Waals surface area contributed by atoms with Crippen LogP contribution in [0, 0.1) is 0 Å². The molecule has 1 N–H and O–H groups in total. The summed E-state index contributed by atoms with van der Waals surface area (Å²) in [4.78, 5) is 12.5. The van der Waals surface area contributed by atoms with Crippen LogP contribution in [0.3, 0.4) is 0 Å². The third-order valence-electron chi connectivity index (χ3n) is 4.84. The van der Waals surface area contributed by atoms with Crippen LogP contribution in [0.5, 0.6) is 11.5 Å². The van der Waals surface area contributed by atoms with Crippen LogP contribution in [-0.2, 0) is 21.4 Å². The van der Waals surface area contributed by atoms with Crippen molar-refractivity contribution in [2.75, 3.05) is 24.2 Å². The van der Waals surface area contributed by atoms with Gasteiger partial charge in [-0.3, -0.25) is 9.10 Å². The number of rotatable bonds is 10. The maximum absolute atomic E-state index is 12.5. The van der Waals surface area contributed by atoms with Gasteiger partial charge in [-0.15, -0.1) is 0 Å². The summed E-state index contributed by atoms with van der Waals surface area (Å²) in [6.07, 6.45) is 2.34. The Labute approximate surface area is 248 Å². The van der Waals surface area contributed by atoms with Crippen LogP contribution in [-0.4, -0.2) is 40.4 Å². The van der Waals surface area contributed by atoms with Crippen molar-refractivity contribution in [2.24, 2.45) is 5.10 Å². The van der Waals surface area contributed by atoms with Crippen molar-refractivity contribution in [3.05, 3.63) is 84.2 Å². The lowest BCUT2D eigenvalue weighted by Crippen LogP contribution is -2.39. The highest BCUT2D eigenvalue weighted by atomic mass is 79.9. The molecule has 0 atom stereocenters. The molecule has 0 aliphatic carbocycles. The van der Waals surface area contributed by atoms with E-state index in [1.165, 1.54) is 31.5 Å². The van der Waals surface area contributed by atoms with Gasteiger partial charge in [-0.2, -0.15) is 5.10 Å². The fourth-order valence-electron chi connectivity index (χ4n) is 3.17. The van der Waals surface area contributed by atoms with Gasteiger partial charge in [0, 0.05) is 10.0 Å². The second-order valence-electron chi connectivity index (χ2n) is 7.76. The van der Waals surface area contributed by atoms with Gasteiger partial charge < -0.3 is 9.47 Å². The highest BCUT2D eigenvalue weighted by Gasteiger charge is 2.21. The molecule has 0 heterocycles. The standard InChI is InChI=1S/C24H20BrCl4N3O5S/c1-36-22-7-15(5-19(25)24(22)37-13-14-3-4-20(28)21(29)6-14)11-30-31-23(33)12-32(38(2,34)35)18-9-16(26)8-17(27)10-18/h3-11H,12-13H2,1-2H3,(H,31,33)/b30-11-. The number of nitrogens with one attached hydrogen (secondary N) is 1. The summed E-state index contributed by atoms with van der Waals surface area (Å²) in [7, 11) is -2.34. The van der Waals surface area contributed by atoms with Crippen molar-refractivity contribution in [1.82, 2.24) is 5.43 Å². The Hall–Kier alpha value is -2.21. The molecule has 0 aliphatic heterocycles. The molecule has 38 heavy (non-hydrogen) atoms. The lowest BCUT2D eigenvalue weighted by molar-refractivity contribution is -0.119. The fraction of sp³-hybridized carbons (Fsp3) is 0.167. The summed E-state index contributed by atoms with van der Waals surface area (Å²) < 4.78 is 37.3. The Balaban J connectivity index is 1.70. The van der Waals surface area contributed by atoms with E-state index in [0.717, 1.165) is 16.1 Å². The van der Waals surface area contributed by atoms with E-state index in [4.69, 9.17) is 55.9 Å². The Morgan fingerprint density at radius 2 is 1.74 bits per heavy atom. The molecule has 3 aromatic carbocycles. The van der Waals surface area contributed by atoms with Gasteiger partial charge in [0.25, 0.3) is 5.91 Å². The zero-order valence-electron chi connectivity index (χ0n) is 19.8. The average Bonchev–Trinajstić information content (AvgIpc) is 2.82. The second-order valence-corrected chi connectivity index (χ2v) is 12.2. The Kier molecular flexibility index (Phi) is 10.6. The SMILES string of the molecule is COc1cc(/C=N\NC(=O)CN(c2cc(Cl)cc(Cl)c2)S(C)(=O)=O)cc(Br)c1OCc1ccc(Cl)c(Cl)c1. The molecule has 0 radical (unpaired) electrons. The van der Waals surface area contributed by atoms with E-state index >= 15 is 0 Å². The summed E-state index contributed by atoms with van der Waals surface area (Å²) in [6, 6.07) is 12.8. The number of ether oxygens (including phenoxy) is 2. The van der Waals surface area contributed by atoms with E-state index in [1.807, 2.05) is 0 Å². The van der Waals surface area contributed by atoms with Crippen LogP contribution in [0.2, 0.25) is 20.1 Å². The van der Waals surface area contributed by atoms with Gasteiger partial charge in [-0.1, -0.05) is 52.5 Å². The molecule has 3 aromatic rings. The van der Waals surface area contributed by atoms with E-state index in [-0.39, 0.29) is 22.3 Å². The van der Waals surface area contributed by atoms with Crippen LogP contribution >= 0.6 is 62.3 Å². The Morgan fingerprint density at radius 1 is 1.05 bits per heavy atom.